The molecule has 1 saturated heterocycles. The van der Waals surface area contributed by atoms with Crippen molar-refractivity contribution in [2.75, 3.05) is 25.9 Å². The Hall–Kier alpha value is -2.99. The van der Waals surface area contributed by atoms with Crippen LogP contribution in [0.25, 0.3) is 16.7 Å². The molecular formula is C21H25N5O. The summed E-state index contributed by atoms with van der Waals surface area (Å²) < 4.78 is 1.90. The van der Waals surface area contributed by atoms with Crippen molar-refractivity contribution >= 4 is 29.2 Å². The largest absolute Gasteiger partial charge is 0.398 e. The van der Waals surface area contributed by atoms with E-state index in [0.29, 0.717) is 16.8 Å². The van der Waals surface area contributed by atoms with E-state index in [1.54, 1.807) is 18.3 Å². The average Bonchev–Trinajstić information content (AvgIpc) is 3.12. The first-order valence-corrected chi connectivity index (χ1v) is 9.13. The predicted molar refractivity (Wildman–Crippen MR) is 110 cm³/mol. The van der Waals surface area contributed by atoms with Gasteiger partial charge in [0.05, 0.1) is 0 Å². The first-order valence-electron chi connectivity index (χ1n) is 9.13. The monoisotopic (exact) mass is 363 g/mol. The number of hydrogen-bond acceptors (Lipinski definition) is 5. The SMILES string of the molecule is CN1CCCCC1.N=Cc1cc(-n2ccc3cc(C=O)cnc32)ccc1N. The molecule has 0 saturated carbocycles. The van der Waals surface area contributed by atoms with Gasteiger partial charge in [-0.15, -0.1) is 0 Å². The molecule has 0 bridgehead atoms. The second-order valence-electron chi connectivity index (χ2n) is 6.81. The Bertz CT molecular complexity index is 941. The van der Waals surface area contributed by atoms with Crippen molar-refractivity contribution in [3.63, 3.8) is 0 Å². The van der Waals surface area contributed by atoms with Gasteiger partial charge in [-0.25, -0.2) is 4.98 Å². The molecule has 6 heteroatoms. The summed E-state index contributed by atoms with van der Waals surface area (Å²) >= 11 is 0. The molecule has 3 N–H and O–H groups in total. The lowest BCUT2D eigenvalue weighted by Gasteiger charge is -2.20. The van der Waals surface area contributed by atoms with Crippen LogP contribution >= 0.6 is 0 Å². The summed E-state index contributed by atoms with van der Waals surface area (Å²) in [5.41, 5.74) is 9.20. The second-order valence-corrected chi connectivity index (χ2v) is 6.81. The highest BCUT2D eigenvalue weighted by Crippen LogP contribution is 2.21. The molecule has 0 spiro atoms. The van der Waals surface area contributed by atoms with Crippen LogP contribution in [0.3, 0.4) is 0 Å². The van der Waals surface area contributed by atoms with Gasteiger partial charge in [-0.3, -0.25) is 4.79 Å². The molecule has 0 aliphatic carbocycles. The molecule has 3 heterocycles. The molecule has 0 amide bonds. The smallest absolute Gasteiger partial charge is 0.151 e. The number of nitrogen functional groups attached to an aromatic ring is 1. The second kappa shape index (κ2) is 8.60. The number of carbonyl (C=O) groups is 1. The number of nitrogens with two attached hydrogens (primary N) is 1. The number of aldehydes is 1. The highest BCUT2D eigenvalue weighted by molar-refractivity contribution is 5.88. The number of pyridine rings is 1. The zero-order chi connectivity index (χ0) is 19.2. The van der Waals surface area contributed by atoms with Gasteiger partial charge in [0.1, 0.15) is 5.65 Å². The Morgan fingerprint density at radius 2 is 1.93 bits per heavy atom. The van der Waals surface area contributed by atoms with Crippen LogP contribution in [0.5, 0.6) is 0 Å². The first kappa shape index (κ1) is 18.8. The van der Waals surface area contributed by atoms with Gasteiger partial charge in [-0.2, -0.15) is 0 Å². The van der Waals surface area contributed by atoms with E-state index in [9.17, 15) is 4.79 Å². The summed E-state index contributed by atoms with van der Waals surface area (Å²) in [6.07, 6.45) is 9.70. The lowest BCUT2D eigenvalue weighted by molar-refractivity contribution is 0.112. The number of fused-ring (bicyclic) bond motifs is 1. The van der Waals surface area contributed by atoms with E-state index >= 15 is 0 Å². The minimum Gasteiger partial charge on any atom is -0.398 e. The van der Waals surface area contributed by atoms with E-state index in [1.807, 2.05) is 29.0 Å². The summed E-state index contributed by atoms with van der Waals surface area (Å²) in [4.78, 5) is 17.5. The van der Waals surface area contributed by atoms with Gasteiger partial charge >= 0.3 is 0 Å². The van der Waals surface area contributed by atoms with Crippen LogP contribution in [0.4, 0.5) is 5.69 Å². The fraction of sp³-hybridized carbons (Fsp3) is 0.286. The van der Waals surface area contributed by atoms with Crippen molar-refractivity contribution in [3.05, 3.63) is 53.9 Å². The summed E-state index contributed by atoms with van der Waals surface area (Å²) in [5, 5.41) is 8.25. The van der Waals surface area contributed by atoms with Crippen LogP contribution in [0.2, 0.25) is 0 Å². The van der Waals surface area contributed by atoms with Gasteiger partial charge in [-0.1, -0.05) is 6.42 Å². The number of piperidine rings is 1. The highest BCUT2D eigenvalue weighted by atomic mass is 16.1. The van der Waals surface area contributed by atoms with Crippen molar-refractivity contribution in [3.8, 4) is 5.69 Å². The fourth-order valence-electron chi connectivity index (χ4n) is 3.20. The molecule has 1 aromatic carbocycles. The Labute approximate surface area is 159 Å². The third kappa shape index (κ3) is 4.41. The van der Waals surface area contributed by atoms with Gasteiger partial charge in [0.15, 0.2) is 6.29 Å². The van der Waals surface area contributed by atoms with Crippen molar-refractivity contribution < 1.29 is 4.79 Å². The molecule has 6 nitrogen and oxygen atoms in total. The molecule has 0 radical (unpaired) electrons. The van der Waals surface area contributed by atoms with Crippen molar-refractivity contribution in [1.82, 2.24) is 14.5 Å². The molecule has 1 fully saturated rings. The first-order chi connectivity index (χ1) is 13.1. The minimum atomic E-state index is 0.549. The van der Waals surface area contributed by atoms with Gasteiger partial charge in [0, 0.05) is 46.5 Å². The van der Waals surface area contributed by atoms with Crippen molar-refractivity contribution in [1.29, 1.82) is 5.41 Å². The van der Waals surface area contributed by atoms with Gasteiger partial charge in [-0.05, 0) is 63.3 Å². The Morgan fingerprint density at radius 1 is 1.15 bits per heavy atom. The molecule has 4 rings (SSSR count). The van der Waals surface area contributed by atoms with Crippen LogP contribution < -0.4 is 5.73 Å². The number of anilines is 1. The third-order valence-electron chi connectivity index (χ3n) is 4.77. The molecule has 3 aromatic rings. The Morgan fingerprint density at radius 3 is 2.56 bits per heavy atom. The number of nitrogens with one attached hydrogen (secondary N) is 1. The lowest BCUT2D eigenvalue weighted by atomic mass is 10.1. The van der Waals surface area contributed by atoms with Crippen LogP contribution in [-0.4, -0.2) is 47.1 Å². The predicted octanol–water partition coefficient (Wildman–Crippen LogP) is 3.52. The van der Waals surface area contributed by atoms with E-state index in [0.717, 1.165) is 23.0 Å². The van der Waals surface area contributed by atoms with E-state index in [2.05, 4.69) is 16.9 Å². The Kier molecular flexibility index (Phi) is 5.98. The standard InChI is InChI=1S/C15H12N4O.C6H13N/c16-7-12-6-13(1-2-14(12)17)19-4-3-11-5-10(9-20)8-18-15(11)19;1-7-5-3-2-4-6-7/h1-9,16H,17H2;2-6H2,1H3. The van der Waals surface area contributed by atoms with Crippen LogP contribution in [0.1, 0.15) is 35.2 Å². The van der Waals surface area contributed by atoms with E-state index in [1.165, 1.54) is 38.6 Å². The minimum absolute atomic E-state index is 0.549. The summed E-state index contributed by atoms with van der Waals surface area (Å²) in [7, 11) is 2.19. The normalized spacial score (nSPS) is 14.4. The molecular weight excluding hydrogens is 338 g/mol. The molecule has 0 unspecified atom stereocenters. The number of carbonyl (C=O) groups excluding carboxylic acids is 1. The quantitative estimate of drug-likeness (QED) is 0.423. The van der Waals surface area contributed by atoms with E-state index in [-0.39, 0.29) is 0 Å². The van der Waals surface area contributed by atoms with Gasteiger partial charge in [0.25, 0.3) is 0 Å². The van der Waals surface area contributed by atoms with E-state index in [4.69, 9.17) is 11.1 Å². The summed E-state index contributed by atoms with van der Waals surface area (Å²) in [5.74, 6) is 0. The van der Waals surface area contributed by atoms with Crippen molar-refractivity contribution in [2.45, 2.75) is 19.3 Å². The number of rotatable bonds is 3. The number of likely N-dealkylation sites (tertiary alicyclic amines) is 1. The average molecular weight is 363 g/mol. The van der Waals surface area contributed by atoms with Gasteiger partial charge in [0.2, 0.25) is 0 Å². The zero-order valence-electron chi connectivity index (χ0n) is 15.6. The lowest BCUT2D eigenvalue weighted by Crippen LogP contribution is -2.24. The summed E-state index contributed by atoms with van der Waals surface area (Å²) in [6.45, 7) is 2.64. The maximum Gasteiger partial charge on any atom is 0.151 e. The number of hydrogen-bond donors (Lipinski definition) is 2. The summed E-state index contributed by atoms with van der Waals surface area (Å²) in [6, 6.07) is 9.16. The maximum absolute atomic E-state index is 10.8. The molecule has 1 aliphatic heterocycles. The topological polar surface area (TPSA) is 88.0 Å². The van der Waals surface area contributed by atoms with Crippen molar-refractivity contribution in [2.24, 2.45) is 0 Å². The zero-order valence-corrected chi connectivity index (χ0v) is 15.6. The van der Waals surface area contributed by atoms with Crippen LogP contribution in [0, 0.1) is 5.41 Å². The number of benzene rings is 1. The fourth-order valence-corrected chi connectivity index (χ4v) is 3.20. The maximum atomic E-state index is 10.8. The number of aromatic nitrogens is 2. The van der Waals surface area contributed by atoms with Crippen LogP contribution in [-0.2, 0) is 0 Å². The number of nitrogens with zero attached hydrogens (tertiary/aromatic N) is 3. The molecule has 1 aliphatic rings. The molecule has 140 valence electrons. The van der Waals surface area contributed by atoms with Crippen LogP contribution in [0.15, 0.2) is 42.7 Å². The van der Waals surface area contributed by atoms with E-state index < -0.39 is 0 Å². The molecule has 27 heavy (non-hydrogen) atoms. The Balaban J connectivity index is 0.000000253. The molecule has 0 atom stereocenters. The van der Waals surface area contributed by atoms with Gasteiger partial charge < -0.3 is 20.6 Å². The highest BCUT2D eigenvalue weighted by Gasteiger charge is 2.07. The third-order valence-corrected chi connectivity index (χ3v) is 4.77. The molecule has 2 aromatic heterocycles.